The van der Waals surface area contributed by atoms with E-state index in [1.165, 1.54) is 16.8 Å². The van der Waals surface area contributed by atoms with Crippen LogP contribution in [0.2, 0.25) is 0 Å². The Morgan fingerprint density at radius 2 is 2.00 bits per heavy atom. The van der Waals surface area contributed by atoms with E-state index in [0.717, 1.165) is 5.69 Å². The molecule has 0 bridgehead atoms. The van der Waals surface area contributed by atoms with Crippen molar-refractivity contribution in [3.05, 3.63) is 29.0 Å². The molecule has 13 heavy (non-hydrogen) atoms. The van der Waals surface area contributed by atoms with Crippen LogP contribution in [-0.4, -0.2) is 20.2 Å². The van der Waals surface area contributed by atoms with Gasteiger partial charge >= 0.3 is 0 Å². The van der Waals surface area contributed by atoms with Gasteiger partial charge in [0.25, 0.3) is 0 Å². The van der Waals surface area contributed by atoms with Crippen molar-refractivity contribution in [2.75, 3.05) is 0 Å². The topological polar surface area (TPSA) is 69.6 Å². The lowest BCUT2D eigenvalue weighted by Gasteiger charge is -2.05. The quantitative estimate of drug-likeness (QED) is 0.665. The van der Waals surface area contributed by atoms with E-state index in [9.17, 15) is 5.11 Å². The van der Waals surface area contributed by atoms with Gasteiger partial charge in [-0.2, -0.15) is 5.21 Å². The van der Waals surface area contributed by atoms with Crippen LogP contribution in [0.5, 0.6) is 5.75 Å². The number of benzene rings is 1. The Hall–Kier alpha value is -1.69. The largest absolute Gasteiger partial charge is 0.872 e. The Balaban J connectivity index is 2.54. The third-order valence-corrected chi connectivity index (χ3v) is 1.83. The predicted octanol–water partition coefficient (Wildman–Crippen LogP) is 0.398. The zero-order valence-electron chi connectivity index (χ0n) is 6.47. The second-order valence-corrected chi connectivity index (χ2v) is 2.78. The maximum Gasteiger partial charge on any atom is 0.242 e. The molecule has 5 nitrogen and oxygen atoms in total. The number of aromatic amines is 1. The fourth-order valence-corrected chi connectivity index (χ4v) is 1.15. The molecule has 0 aliphatic heterocycles. The van der Waals surface area contributed by atoms with Gasteiger partial charge in [0.15, 0.2) is 0 Å². The summed E-state index contributed by atoms with van der Waals surface area (Å²) in [5.74, 6) is -0.0391. The minimum Gasteiger partial charge on any atom is -0.872 e. The molecule has 0 unspecified atom stereocenters. The van der Waals surface area contributed by atoms with Crippen molar-refractivity contribution in [3.63, 3.8) is 0 Å². The molecular formula is C7H5N4OS-. The summed E-state index contributed by atoms with van der Waals surface area (Å²) in [7, 11) is 0. The van der Waals surface area contributed by atoms with E-state index < -0.39 is 0 Å². The normalized spacial score (nSPS) is 10.2. The van der Waals surface area contributed by atoms with Crippen molar-refractivity contribution in [1.82, 2.24) is 20.2 Å². The Bertz CT molecular complexity index is 458. The van der Waals surface area contributed by atoms with Gasteiger partial charge in [-0.1, -0.05) is 22.4 Å². The molecule has 66 valence electrons. The standard InChI is InChI=1S/C7H6N4OS/c12-6-3-1-5(2-4-6)11-7(13)8-9-10-11/h1-4,12H,(H,8,10,13)/p-1. The van der Waals surface area contributed by atoms with Crippen molar-refractivity contribution < 1.29 is 5.11 Å². The molecule has 1 aromatic heterocycles. The fourth-order valence-electron chi connectivity index (χ4n) is 0.961. The number of tetrazole rings is 1. The average molecular weight is 193 g/mol. The highest BCUT2D eigenvalue weighted by molar-refractivity contribution is 7.71. The number of hydrogen-bond acceptors (Lipinski definition) is 4. The van der Waals surface area contributed by atoms with Crippen LogP contribution in [0.1, 0.15) is 0 Å². The van der Waals surface area contributed by atoms with Crippen LogP contribution in [0.25, 0.3) is 5.69 Å². The second kappa shape index (κ2) is 2.98. The average Bonchev–Trinajstić information content (AvgIpc) is 2.53. The number of aromatic nitrogens is 4. The third kappa shape index (κ3) is 1.43. The summed E-state index contributed by atoms with van der Waals surface area (Å²) in [5.41, 5.74) is 0.745. The first-order valence-corrected chi connectivity index (χ1v) is 3.96. The molecule has 1 N–H and O–H groups in total. The van der Waals surface area contributed by atoms with Gasteiger partial charge in [0, 0.05) is 0 Å². The Morgan fingerprint density at radius 1 is 1.31 bits per heavy atom. The van der Waals surface area contributed by atoms with Gasteiger partial charge < -0.3 is 5.11 Å². The highest BCUT2D eigenvalue weighted by Crippen LogP contribution is 2.09. The molecule has 2 rings (SSSR count). The minimum absolute atomic E-state index is 0.0391. The van der Waals surface area contributed by atoms with E-state index in [1.54, 1.807) is 12.1 Å². The molecule has 1 heterocycles. The lowest BCUT2D eigenvalue weighted by molar-refractivity contribution is -0.268. The highest BCUT2D eigenvalue weighted by atomic mass is 32.1. The SMILES string of the molecule is [O-]c1ccc(-n2[nH]nnc2=S)cc1. The van der Waals surface area contributed by atoms with Crippen LogP contribution in [0.3, 0.4) is 0 Å². The molecule has 0 aliphatic rings. The maximum absolute atomic E-state index is 10.8. The number of H-pyrrole nitrogens is 1. The molecular weight excluding hydrogens is 188 g/mol. The maximum atomic E-state index is 10.8. The van der Waals surface area contributed by atoms with Crippen LogP contribution >= 0.6 is 12.2 Å². The minimum atomic E-state index is -0.0391. The molecule has 0 spiro atoms. The Labute approximate surface area is 78.6 Å². The summed E-state index contributed by atoms with van der Waals surface area (Å²) < 4.78 is 1.84. The monoisotopic (exact) mass is 193 g/mol. The van der Waals surface area contributed by atoms with Crippen molar-refractivity contribution in [2.45, 2.75) is 0 Å². The van der Waals surface area contributed by atoms with Gasteiger partial charge in [-0.05, 0) is 24.4 Å². The van der Waals surface area contributed by atoms with Crippen LogP contribution < -0.4 is 5.11 Å². The van der Waals surface area contributed by atoms with Gasteiger partial charge in [-0.25, -0.2) is 4.68 Å². The van der Waals surface area contributed by atoms with Crippen LogP contribution in [-0.2, 0) is 0 Å². The molecule has 0 saturated carbocycles. The van der Waals surface area contributed by atoms with Gasteiger partial charge in [0.05, 0.1) is 5.69 Å². The fraction of sp³-hybridized carbons (Fsp3) is 0. The van der Waals surface area contributed by atoms with E-state index in [-0.39, 0.29) is 5.75 Å². The third-order valence-electron chi connectivity index (χ3n) is 1.57. The summed E-state index contributed by atoms with van der Waals surface area (Å²) in [6.45, 7) is 0. The Kier molecular flexibility index (Phi) is 1.82. The smallest absolute Gasteiger partial charge is 0.242 e. The van der Waals surface area contributed by atoms with Crippen molar-refractivity contribution in [2.24, 2.45) is 0 Å². The molecule has 0 atom stereocenters. The molecule has 1 aromatic carbocycles. The molecule has 2 aromatic rings. The lowest BCUT2D eigenvalue weighted by atomic mass is 10.3. The van der Waals surface area contributed by atoms with Crippen molar-refractivity contribution in [1.29, 1.82) is 0 Å². The molecule has 0 radical (unpaired) electrons. The molecule has 0 saturated heterocycles. The van der Waals surface area contributed by atoms with E-state index >= 15 is 0 Å². The molecule has 0 aliphatic carbocycles. The first kappa shape index (κ1) is 7.93. The zero-order chi connectivity index (χ0) is 9.26. The summed E-state index contributed by atoms with van der Waals surface area (Å²) in [4.78, 5) is 0. The predicted molar refractivity (Wildman–Crippen MR) is 46.0 cm³/mol. The van der Waals surface area contributed by atoms with E-state index in [2.05, 4.69) is 15.5 Å². The van der Waals surface area contributed by atoms with Crippen LogP contribution in [0, 0.1) is 4.77 Å². The summed E-state index contributed by atoms with van der Waals surface area (Å²) in [5, 5.41) is 20.5. The van der Waals surface area contributed by atoms with Gasteiger partial charge in [-0.15, -0.1) is 5.75 Å². The zero-order valence-corrected chi connectivity index (χ0v) is 7.28. The van der Waals surface area contributed by atoms with E-state index in [1.807, 2.05) is 0 Å². The molecule has 0 amide bonds. The summed E-state index contributed by atoms with van der Waals surface area (Å²) in [6.07, 6.45) is 0. The molecule has 6 heteroatoms. The van der Waals surface area contributed by atoms with Gasteiger partial charge in [0.1, 0.15) is 0 Å². The van der Waals surface area contributed by atoms with Crippen molar-refractivity contribution >= 4 is 12.2 Å². The first-order valence-electron chi connectivity index (χ1n) is 3.55. The number of nitrogens with zero attached hydrogens (tertiary/aromatic N) is 3. The Morgan fingerprint density at radius 3 is 2.54 bits per heavy atom. The van der Waals surface area contributed by atoms with E-state index in [0.29, 0.717) is 4.77 Å². The first-order chi connectivity index (χ1) is 6.27. The number of hydrogen-bond donors (Lipinski definition) is 1. The van der Waals surface area contributed by atoms with Crippen LogP contribution in [0.4, 0.5) is 0 Å². The highest BCUT2D eigenvalue weighted by Gasteiger charge is 1.96. The van der Waals surface area contributed by atoms with Crippen molar-refractivity contribution in [3.8, 4) is 11.4 Å². The summed E-state index contributed by atoms with van der Waals surface area (Å²) >= 11 is 4.88. The van der Waals surface area contributed by atoms with Gasteiger partial charge in [-0.3, -0.25) is 0 Å². The molecule has 0 fully saturated rings. The lowest BCUT2D eigenvalue weighted by Crippen LogP contribution is -1.97. The van der Waals surface area contributed by atoms with Crippen LogP contribution in [0.15, 0.2) is 24.3 Å². The number of nitrogens with one attached hydrogen (secondary N) is 1. The van der Waals surface area contributed by atoms with Gasteiger partial charge in [0.2, 0.25) is 4.77 Å². The number of rotatable bonds is 1. The summed E-state index contributed by atoms with van der Waals surface area (Å²) in [6, 6.07) is 6.21. The second-order valence-electron chi connectivity index (χ2n) is 2.41. The van der Waals surface area contributed by atoms with E-state index in [4.69, 9.17) is 12.2 Å².